The summed E-state index contributed by atoms with van der Waals surface area (Å²) in [6, 6.07) is 61.1. The van der Waals surface area contributed by atoms with Gasteiger partial charge in [0.2, 0.25) is 0 Å². The number of rotatable bonds is 5. The van der Waals surface area contributed by atoms with E-state index in [1.54, 1.807) is 6.07 Å². The Morgan fingerprint density at radius 2 is 0.885 bits per heavy atom. The second kappa shape index (κ2) is 11.9. The first kappa shape index (κ1) is 29.6. The highest BCUT2D eigenvalue weighted by Gasteiger charge is 2.17. The van der Waals surface area contributed by atoms with E-state index < -0.39 is 0 Å². The Morgan fingerprint density at radius 3 is 1.52 bits per heavy atom. The molecule has 3 heterocycles. The zero-order valence-corrected chi connectivity index (χ0v) is 28.0. The summed E-state index contributed by atoms with van der Waals surface area (Å²) in [6.07, 6.45) is 0. The average molecular weight is 664 g/mol. The molecule has 0 aliphatic heterocycles. The van der Waals surface area contributed by atoms with Gasteiger partial charge in [0.15, 0.2) is 11.5 Å². The monoisotopic (exact) mass is 663 g/mol. The van der Waals surface area contributed by atoms with E-state index >= 15 is 0 Å². The zero-order chi connectivity index (χ0) is 34.6. The third-order valence-electron chi connectivity index (χ3n) is 9.94. The molecule has 0 saturated carbocycles. The van der Waals surface area contributed by atoms with E-state index in [2.05, 4.69) is 141 Å². The molecule has 52 heavy (non-hydrogen) atoms. The van der Waals surface area contributed by atoms with Crippen LogP contribution in [0.25, 0.3) is 93.7 Å². The Labute approximate surface area is 300 Å². The minimum Gasteiger partial charge on any atom is -0.309 e. The summed E-state index contributed by atoms with van der Waals surface area (Å²) in [4.78, 5) is 13.6. The molecule has 10 aromatic rings. The summed E-state index contributed by atoms with van der Waals surface area (Å²) >= 11 is 0. The molecule has 0 aliphatic rings. The van der Waals surface area contributed by atoms with E-state index in [-0.39, 0.29) is 0 Å². The van der Waals surface area contributed by atoms with Gasteiger partial charge in [-0.3, -0.25) is 0 Å². The van der Waals surface area contributed by atoms with Crippen LogP contribution in [-0.4, -0.2) is 19.1 Å². The number of para-hydroxylation sites is 3. The lowest BCUT2D eigenvalue weighted by Crippen LogP contribution is -1.97. The third kappa shape index (κ3) is 4.78. The van der Waals surface area contributed by atoms with Gasteiger partial charge in [0, 0.05) is 49.6 Å². The molecular weight excluding hydrogens is 635 g/mol. The maximum Gasteiger partial charge on any atom is 0.187 e. The predicted molar refractivity (Wildman–Crippen MR) is 213 cm³/mol. The van der Waals surface area contributed by atoms with Crippen molar-refractivity contribution in [1.82, 2.24) is 19.1 Å². The standard InChI is InChI=1S/C47H29N5/c1-48-34-15-11-14-33(28-34)47-49-41(31-12-3-2-4-13-31)30-42(50-47)32-22-24-35(25-23-32)51-45-21-10-7-18-39(45)40-29-36(26-27-46(40)51)52-43-19-8-5-16-37(43)38-17-6-9-20-44(38)52/h2-30H. The zero-order valence-electron chi connectivity index (χ0n) is 28.0. The van der Waals surface area contributed by atoms with Crippen molar-refractivity contribution in [1.29, 1.82) is 0 Å². The molecule has 0 aliphatic carbocycles. The van der Waals surface area contributed by atoms with Crippen LogP contribution < -0.4 is 0 Å². The molecule has 0 atom stereocenters. The molecule has 0 radical (unpaired) electrons. The Bertz CT molecular complexity index is 2960. The normalized spacial score (nSPS) is 11.4. The van der Waals surface area contributed by atoms with Crippen molar-refractivity contribution < 1.29 is 0 Å². The number of aromatic nitrogens is 4. The van der Waals surface area contributed by atoms with Gasteiger partial charge in [0.05, 0.1) is 40.0 Å². The molecule has 242 valence electrons. The fourth-order valence-electron chi connectivity index (χ4n) is 7.56. The average Bonchev–Trinajstić information content (AvgIpc) is 3.74. The van der Waals surface area contributed by atoms with Crippen molar-refractivity contribution in [3.8, 4) is 45.3 Å². The molecule has 7 aromatic carbocycles. The van der Waals surface area contributed by atoms with Crippen LogP contribution in [0.4, 0.5) is 5.69 Å². The lowest BCUT2D eigenvalue weighted by Gasteiger charge is -2.12. The second-order valence-electron chi connectivity index (χ2n) is 13.0. The molecule has 0 amide bonds. The van der Waals surface area contributed by atoms with Crippen LogP contribution in [0.3, 0.4) is 0 Å². The lowest BCUT2D eigenvalue weighted by atomic mass is 10.1. The third-order valence-corrected chi connectivity index (χ3v) is 9.94. The van der Waals surface area contributed by atoms with Gasteiger partial charge in [0.1, 0.15) is 0 Å². The summed E-state index contributed by atoms with van der Waals surface area (Å²) in [5.74, 6) is 0.590. The van der Waals surface area contributed by atoms with Crippen molar-refractivity contribution in [3.63, 3.8) is 0 Å². The molecule has 0 spiro atoms. The Hall–Kier alpha value is -7.29. The summed E-state index contributed by atoms with van der Waals surface area (Å²) in [5.41, 5.74) is 11.9. The van der Waals surface area contributed by atoms with Crippen molar-refractivity contribution in [2.75, 3.05) is 0 Å². The van der Waals surface area contributed by atoms with Crippen LogP contribution in [-0.2, 0) is 0 Å². The number of nitrogens with zero attached hydrogens (tertiary/aromatic N) is 5. The van der Waals surface area contributed by atoms with Crippen LogP contribution in [0.15, 0.2) is 176 Å². The minimum atomic E-state index is 0.561. The van der Waals surface area contributed by atoms with E-state index in [9.17, 15) is 0 Å². The topological polar surface area (TPSA) is 40.0 Å². The quantitative estimate of drug-likeness (QED) is 0.172. The maximum absolute atomic E-state index is 7.52. The molecule has 10 rings (SSSR count). The first-order valence-corrected chi connectivity index (χ1v) is 17.3. The second-order valence-corrected chi connectivity index (χ2v) is 13.0. The highest BCUT2D eigenvalue weighted by Crippen LogP contribution is 2.37. The Morgan fingerprint density at radius 1 is 0.385 bits per heavy atom. The van der Waals surface area contributed by atoms with Crippen LogP contribution in [0, 0.1) is 6.57 Å². The lowest BCUT2D eigenvalue weighted by molar-refractivity contribution is 1.16. The van der Waals surface area contributed by atoms with Crippen molar-refractivity contribution in [2.45, 2.75) is 0 Å². The first-order chi connectivity index (χ1) is 25.7. The van der Waals surface area contributed by atoms with E-state index in [0.717, 1.165) is 50.5 Å². The van der Waals surface area contributed by atoms with Crippen molar-refractivity contribution in [3.05, 3.63) is 187 Å². The molecule has 0 N–H and O–H groups in total. The largest absolute Gasteiger partial charge is 0.309 e. The van der Waals surface area contributed by atoms with Gasteiger partial charge in [0.25, 0.3) is 0 Å². The molecule has 0 saturated heterocycles. The van der Waals surface area contributed by atoms with Gasteiger partial charge in [-0.15, -0.1) is 0 Å². The highest BCUT2D eigenvalue weighted by molar-refractivity contribution is 6.12. The number of fused-ring (bicyclic) bond motifs is 6. The minimum absolute atomic E-state index is 0.561. The number of benzene rings is 7. The summed E-state index contributed by atoms with van der Waals surface area (Å²) in [7, 11) is 0. The van der Waals surface area contributed by atoms with Crippen LogP contribution in [0.5, 0.6) is 0 Å². The van der Waals surface area contributed by atoms with Crippen LogP contribution >= 0.6 is 0 Å². The molecule has 0 unspecified atom stereocenters. The van der Waals surface area contributed by atoms with Crippen LogP contribution in [0.1, 0.15) is 0 Å². The van der Waals surface area contributed by atoms with Gasteiger partial charge in [-0.05, 0) is 60.7 Å². The molecule has 3 aromatic heterocycles. The fourth-order valence-corrected chi connectivity index (χ4v) is 7.56. The van der Waals surface area contributed by atoms with E-state index in [1.165, 1.54) is 32.6 Å². The van der Waals surface area contributed by atoms with Crippen molar-refractivity contribution >= 4 is 49.3 Å². The Kier molecular flexibility index (Phi) is 6.80. The maximum atomic E-state index is 7.52. The van der Waals surface area contributed by atoms with Gasteiger partial charge in [-0.1, -0.05) is 115 Å². The molecule has 5 nitrogen and oxygen atoms in total. The summed E-state index contributed by atoms with van der Waals surface area (Å²) in [5, 5.41) is 4.92. The fraction of sp³-hybridized carbons (Fsp3) is 0. The van der Waals surface area contributed by atoms with Gasteiger partial charge >= 0.3 is 0 Å². The van der Waals surface area contributed by atoms with E-state index in [1.807, 2.05) is 42.5 Å². The molecular formula is C47H29N5. The summed E-state index contributed by atoms with van der Waals surface area (Å²) < 4.78 is 4.73. The smallest absolute Gasteiger partial charge is 0.187 e. The molecule has 0 bridgehead atoms. The van der Waals surface area contributed by atoms with Gasteiger partial charge < -0.3 is 9.13 Å². The summed E-state index contributed by atoms with van der Waals surface area (Å²) in [6.45, 7) is 7.52. The van der Waals surface area contributed by atoms with Crippen molar-refractivity contribution in [2.24, 2.45) is 0 Å². The highest BCUT2D eigenvalue weighted by atomic mass is 15.0. The predicted octanol–water partition coefficient (Wildman–Crippen LogP) is 12.2. The molecule has 5 heteroatoms. The first-order valence-electron chi connectivity index (χ1n) is 17.3. The van der Waals surface area contributed by atoms with Crippen LogP contribution in [0.2, 0.25) is 0 Å². The number of hydrogen-bond donors (Lipinski definition) is 0. The molecule has 0 fully saturated rings. The van der Waals surface area contributed by atoms with E-state index in [4.69, 9.17) is 16.5 Å². The SMILES string of the molecule is [C-]#[N+]c1cccc(-c2nc(-c3ccccc3)cc(-c3ccc(-n4c5ccccc5c5cc(-n6c7ccccc7c7ccccc76)ccc54)cc3)n2)c1. The van der Waals surface area contributed by atoms with Gasteiger partial charge in [-0.2, -0.15) is 0 Å². The number of hydrogen-bond acceptors (Lipinski definition) is 2. The Balaban J connectivity index is 1.10. The van der Waals surface area contributed by atoms with Gasteiger partial charge in [-0.25, -0.2) is 14.8 Å². The van der Waals surface area contributed by atoms with E-state index in [0.29, 0.717) is 11.5 Å².